The van der Waals surface area contributed by atoms with Crippen LogP contribution in [0.25, 0.3) is 0 Å². The first-order valence-electron chi connectivity index (χ1n) is 6.73. The van der Waals surface area contributed by atoms with Crippen LogP contribution in [0.5, 0.6) is 0 Å². The number of benzene rings is 1. The van der Waals surface area contributed by atoms with E-state index in [0.29, 0.717) is 17.3 Å². The fraction of sp³-hybridized carbons (Fsp3) is 0.533. The summed E-state index contributed by atoms with van der Waals surface area (Å²) in [4.78, 5) is 11.3. The molecule has 2 atom stereocenters. The Hall–Kier alpha value is -1.51. The molecule has 2 rings (SSSR count). The van der Waals surface area contributed by atoms with Gasteiger partial charge in [-0.2, -0.15) is 0 Å². The highest BCUT2D eigenvalue weighted by molar-refractivity contribution is 5.99. The molecular formula is C15H22N2O. The van der Waals surface area contributed by atoms with Gasteiger partial charge in [0, 0.05) is 23.0 Å². The summed E-state index contributed by atoms with van der Waals surface area (Å²) in [6.07, 6.45) is 5.07. The molecule has 1 aliphatic carbocycles. The van der Waals surface area contributed by atoms with Gasteiger partial charge in [-0.3, -0.25) is 4.79 Å². The van der Waals surface area contributed by atoms with E-state index in [4.69, 9.17) is 5.73 Å². The predicted molar refractivity (Wildman–Crippen MR) is 75.9 cm³/mol. The summed E-state index contributed by atoms with van der Waals surface area (Å²) >= 11 is 0. The van der Waals surface area contributed by atoms with Gasteiger partial charge in [0.2, 0.25) is 0 Å². The second-order valence-electron chi connectivity index (χ2n) is 5.47. The maximum absolute atomic E-state index is 11.3. The van der Waals surface area contributed by atoms with Crippen LogP contribution in [0.3, 0.4) is 0 Å². The SMILES string of the molecule is CC(=O)c1ccc(NC2CCCC(C)C2)cc1N. The number of carbonyl (C=O) groups excluding carboxylic acids is 1. The number of hydrogen-bond acceptors (Lipinski definition) is 3. The minimum atomic E-state index is 0.0188. The summed E-state index contributed by atoms with van der Waals surface area (Å²) in [5.41, 5.74) is 8.09. The highest BCUT2D eigenvalue weighted by atomic mass is 16.1. The highest BCUT2D eigenvalue weighted by Gasteiger charge is 2.18. The van der Waals surface area contributed by atoms with Crippen molar-refractivity contribution < 1.29 is 4.79 Å². The van der Waals surface area contributed by atoms with Crippen LogP contribution in [-0.4, -0.2) is 11.8 Å². The molecule has 3 nitrogen and oxygen atoms in total. The van der Waals surface area contributed by atoms with Gasteiger partial charge in [0.1, 0.15) is 0 Å². The maximum atomic E-state index is 11.3. The lowest BCUT2D eigenvalue weighted by Gasteiger charge is -2.28. The Morgan fingerprint density at radius 1 is 1.39 bits per heavy atom. The van der Waals surface area contributed by atoms with Gasteiger partial charge in [-0.25, -0.2) is 0 Å². The van der Waals surface area contributed by atoms with Crippen LogP contribution in [0.4, 0.5) is 11.4 Å². The van der Waals surface area contributed by atoms with Crippen LogP contribution in [0.1, 0.15) is 49.9 Å². The zero-order valence-corrected chi connectivity index (χ0v) is 11.2. The molecule has 1 aliphatic rings. The zero-order chi connectivity index (χ0) is 13.1. The topological polar surface area (TPSA) is 55.1 Å². The molecule has 0 saturated heterocycles. The molecule has 98 valence electrons. The van der Waals surface area contributed by atoms with E-state index in [1.54, 1.807) is 6.92 Å². The second kappa shape index (κ2) is 5.42. The third-order valence-electron chi connectivity index (χ3n) is 3.74. The quantitative estimate of drug-likeness (QED) is 0.634. The van der Waals surface area contributed by atoms with Gasteiger partial charge in [-0.05, 0) is 43.9 Å². The Morgan fingerprint density at radius 2 is 2.17 bits per heavy atom. The monoisotopic (exact) mass is 246 g/mol. The molecule has 0 aliphatic heterocycles. The van der Waals surface area contributed by atoms with E-state index in [1.165, 1.54) is 25.7 Å². The van der Waals surface area contributed by atoms with E-state index in [9.17, 15) is 4.79 Å². The zero-order valence-electron chi connectivity index (χ0n) is 11.2. The van der Waals surface area contributed by atoms with Crippen LogP contribution >= 0.6 is 0 Å². The average molecular weight is 246 g/mol. The van der Waals surface area contributed by atoms with Crippen molar-refractivity contribution >= 4 is 17.2 Å². The maximum Gasteiger partial charge on any atom is 0.161 e. The minimum absolute atomic E-state index is 0.0188. The van der Waals surface area contributed by atoms with Crippen LogP contribution in [0.2, 0.25) is 0 Å². The molecule has 3 heteroatoms. The molecule has 0 heterocycles. The van der Waals surface area contributed by atoms with Crippen molar-refractivity contribution in [2.45, 2.75) is 45.6 Å². The number of anilines is 2. The molecule has 2 unspecified atom stereocenters. The molecule has 0 aromatic heterocycles. The molecular weight excluding hydrogens is 224 g/mol. The fourth-order valence-electron chi connectivity index (χ4n) is 2.77. The van der Waals surface area contributed by atoms with Crippen LogP contribution in [-0.2, 0) is 0 Å². The van der Waals surface area contributed by atoms with Crippen molar-refractivity contribution in [1.29, 1.82) is 0 Å². The first kappa shape index (κ1) is 12.9. The number of Topliss-reactive ketones (excluding diaryl/α,β-unsaturated/α-hetero) is 1. The van der Waals surface area contributed by atoms with Crippen molar-refractivity contribution in [3.05, 3.63) is 23.8 Å². The first-order chi connectivity index (χ1) is 8.56. The molecule has 18 heavy (non-hydrogen) atoms. The fourth-order valence-corrected chi connectivity index (χ4v) is 2.77. The predicted octanol–water partition coefficient (Wildman–Crippen LogP) is 3.46. The smallest absolute Gasteiger partial charge is 0.161 e. The van der Waals surface area contributed by atoms with E-state index < -0.39 is 0 Å². The standard InChI is InChI=1S/C15H22N2O/c1-10-4-3-5-12(8-10)17-13-6-7-14(11(2)18)15(16)9-13/h6-7,9-10,12,17H,3-5,8,16H2,1-2H3. The lowest BCUT2D eigenvalue weighted by Crippen LogP contribution is -2.26. The Kier molecular flexibility index (Phi) is 3.90. The van der Waals surface area contributed by atoms with E-state index in [-0.39, 0.29) is 5.78 Å². The lowest BCUT2D eigenvalue weighted by molar-refractivity contribution is 0.101. The van der Waals surface area contributed by atoms with Crippen LogP contribution in [0, 0.1) is 5.92 Å². The van der Waals surface area contributed by atoms with E-state index >= 15 is 0 Å². The number of rotatable bonds is 3. The lowest BCUT2D eigenvalue weighted by atomic mass is 9.87. The Balaban J connectivity index is 2.05. The van der Waals surface area contributed by atoms with Crippen molar-refractivity contribution in [1.82, 2.24) is 0 Å². The van der Waals surface area contributed by atoms with Gasteiger partial charge in [-0.15, -0.1) is 0 Å². The molecule has 1 saturated carbocycles. The van der Waals surface area contributed by atoms with Crippen molar-refractivity contribution in [2.24, 2.45) is 5.92 Å². The van der Waals surface area contributed by atoms with Gasteiger partial charge in [0.25, 0.3) is 0 Å². The van der Waals surface area contributed by atoms with Gasteiger partial charge in [0.05, 0.1) is 0 Å². The third-order valence-corrected chi connectivity index (χ3v) is 3.74. The highest BCUT2D eigenvalue weighted by Crippen LogP contribution is 2.27. The van der Waals surface area contributed by atoms with Crippen molar-refractivity contribution in [2.75, 3.05) is 11.1 Å². The summed E-state index contributed by atoms with van der Waals surface area (Å²) in [5, 5.41) is 3.53. The number of ketones is 1. The number of nitrogen functional groups attached to an aromatic ring is 1. The number of nitrogens with one attached hydrogen (secondary N) is 1. The van der Waals surface area contributed by atoms with Gasteiger partial charge < -0.3 is 11.1 Å². The number of nitrogens with two attached hydrogens (primary N) is 1. The van der Waals surface area contributed by atoms with Gasteiger partial charge >= 0.3 is 0 Å². The molecule has 0 spiro atoms. The summed E-state index contributed by atoms with van der Waals surface area (Å²) in [6.45, 7) is 3.85. The normalized spacial score (nSPS) is 23.7. The first-order valence-corrected chi connectivity index (χ1v) is 6.73. The molecule has 1 aromatic carbocycles. The Labute approximate surface area is 109 Å². The minimum Gasteiger partial charge on any atom is -0.398 e. The van der Waals surface area contributed by atoms with E-state index in [1.807, 2.05) is 18.2 Å². The van der Waals surface area contributed by atoms with E-state index in [0.717, 1.165) is 11.6 Å². The summed E-state index contributed by atoms with van der Waals surface area (Å²) in [6, 6.07) is 6.17. The van der Waals surface area contributed by atoms with Crippen molar-refractivity contribution in [3.8, 4) is 0 Å². The van der Waals surface area contributed by atoms with Gasteiger partial charge in [-0.1, -0.05) is 19.8 Å². The molecule has 1 fully saturated rings. The van der Waals surface area contributed by atoms with Crippen LogP contribution in [0.15, 0.2) is 18.2 Å². The van der Waals surface area contributed by atoms with E-state index in [2.05, 4.69) is 12.2 Å². The molecule has 0 amide bonds. The molecule has 3 N–H and O–H groups in total. The molecule has 0 radical (unpaired) electrons. The van der Waals surface area contributed by atoms with Gasteiger partial charge in [0.15, 0.2) is 5.78 Å². The number of carbonyl (C=O) groups is 1. The Morgan fingerprint density at radius 3 is 2.78 bits per heavy atom. The third kappa shape index (κ3) is 3.03. The summed E-state index contributed by atoms with van der Waals surface area (Å²) in [7, 11) is 0. The van der Waals surface area contributed by atoms with Crippen LogP contribution < -0.4 is 11.1 Å². The second-order valence-corrected chi connectivity index (χ2v) is 5.47. The number of hydrogen-bond donors (Lipinski definition) is 2. The molecule has 1 aromatic rings. The largest absolute Gasteiger partial charge is 0.398 e. The summed E-state index contributed by atoms with van der Waals surface area (Å²) in [5.74, 6) is 0.815. The van der Waals surface area contributed by atoms with Crippen molar-refractivity contribution in [3.63, 3.8) is 0 Å². The summed E-state index contributed by atoms with van der Waals surface area (Å²) < 4.78 is 0. The average Bonchev–Trinajstić information content (AvgIpc) is 2.28. The molecule has 0 bridgehead atoms. The Bertz CT molecular complexity index is 442.